The zero-order valence-electron chi connectivity index (χ0n) is 16.4. The number of pyridine rings is 1. The van der Waals surface area contributed by atoms with Crippen molar-refractivity contribution in [2.75, 3.05) is 33.1 Å². The Balaban J connectivity index is 1.87. The fourth-order valence-corrected chi connectivity index (χ4v) is 3.07. The number of carbonyl (C=O) groups is 1. The van der Waals surface area contributed by atoms with Crippen LogP contribution in [0.3, 0.4) is 0 Å². The molecule has 27 heavy (non-hydrogen) atoms. The van der Waals surface area contributed by atoms with Gasteiger partial charge >= 0.3 is 0 Å². The fraction of sp³-hybridized carbons (Fsp3) is 0.273. The first-order valence-corrected chi connectivity index (χ1v) is 9.02. The van der Waals surface area contributed by atoms with Crippen molar-refractivity contribution >= 4 is 22.6 Å². The second-order valence-electron chi connectivity index (χ2n) is 7.13. The number of nitrogens with zero attached hydrogens (tertiary/aromatic N) is 3. The Morgan fingerprint density at radius 3 is 2.33 bits per heavy atom. The Kier molecular flexibility index (Phi) is 5.72. The van der Waals surface area contributed by atoms with E-state index in [0.29, 0.717) is 12.1 Å². The van der Waals surface area contributed by atoms with Crippen molar-refractivity contribution in [3.63, 3.8) is 0 Å². The van der Waals surface area contributed by atoms with Crippen LogP contribution in [0.2, 0.25) is 0 Å². The van der Waals surface area contributed by atoms with Crippen LogP contribution in [-0.4, -0.2) is 44.0 Å². The Labute approximate surface area is 160 Å². The van der Waals surface area contributed by atoms with E-state index in [2.05, 4.69) is 27.3 Å². The number of nitrogens with one attached hydrogen (secondary N) is 1. The molecule has 0 radical (unpaired) electrons. The maximum absolute atomic E-state index is 13.0. The van der Waals surface area contributed by atoms with E-state index in [4.69, 9.17) is 0 Å². The van der Waals surface area contributed by atoms with Gasteiger partial charge in [-0.1, -0.05) is 42.5 Å². The second-order valence-corrected chi connectivity index (χ2v) is 7.13. The first-order valence-electron chi connectivity index (χ1n) is 9.02. The minimum Gasteiger partial charge on any atom is -0.363 e. The molecule has 0 atom stereocenters. The van der Waals surface area contributed by atoms with Crippen LogP contribution >= 0.6 is 0 Å². The molecule has 0 saturated heterocycles. The predicted octanol–water partition coefficient (Wildman–Crippen LogP) is 3.29. The van der Waals surface area contributed by atoms with Crippen molar-refractivity contribution in [1.82, 2.24) is 15.2 Å². The summed E-state index contributed by atoms with van der Waals surface area (Å²) in [6, 6.07) is 17.8. The summed E-state index contributed by atoms with van der Waals surface area (Å²) in [5.74, 6) is 0.684. The number of amides is 1. The number of para-hydroxylation sites is 1. The van der Waals surface area contributed by atoms with Crippen LogP contribution in [-0.2, 0) is 13.1 Å². The molecule has 0 spiro atoms. The van der Waals surface area contributed by atoms with E-state index in [1.165, 1.54) is 5.56 Å². The van der Waals surface area contributed by atoms with Crippen molar-refractivity contribution in [3.05, 3.63) is 71.3 Å². The molecule has 3 rings (SSSR count). The molecule has 0 unspecified atom stereocenters. The minimum atomic E-state index is -0.0867. The molecule has 0 aliphatic heterocycles. The summed E-state index contributed by atoms with van der Waals surface area (Å²) < 4.78 is 0. The quantitative estimate of drug-likeness (QED) is 0.731. The lowest BCUT2D eigenvalue weighted by molar-refractivity contribution is 0.0952. The molecule has 0 aliphatic carbocycles. The zero-order chi connectivity index (χ0) is 19.4. The van der Waals surface area contributed by atoms with E-state index in [-0.39, 0.29) is 5.91 Å². The maximum atomic E-state index is 13.0. The third-order valence-electron chi connectivity index (χ3n) is 4.45. The van der Waals surface area contributed by atoms with Crippen LogP contribution in [0.1, 0.15) is 21.5 Å². The van der Waals surface area contributed by atoms with Gasteiger partial charge in [0.05, 0.1) is 11.1 Å². The van der Waals surface area contributed by atoms with Gasteiger partial charge in [-0.2, -0.15) is 0 Å². The van der Waals surface area contributed by atoms with Crippen LogP contribution in [0.15, 0.2) is 54.6 Å². The summed E-state index contributed by atoms with van der Waals surface area (Å²) in [6.07, 6.45) is 0. The molecule has 3 aromatic rings. The predicted molar refractivity (Wildman–Crippen MR) is 111 cm³/mol. The Morgan fingerprint density at radius 2 is 1.63 bits per heavy atom. The van der Waals surface area contributed by atoms with Crippen LogP contribution < -0.4 is 10.2 Å². The van der Waals surface area contributed by atoms with Crippen molar-refractivity contribution in [3.8, 4) is 0 Å². The molecule has 140 valence electrons. The Morgan fingerprint density at radius 1 is 0.963 bits per heavy atom. The van der Waals surface area contributed by atoms with E-state index in [1.807, 2.05) is 75.6 Å². The van der Waals surface area contributed by atoms with Gasteiger partial charge in [-0.05, 0) is 37.4 Å². The lowest BCUT2D eigenvalue weighted by Gasteiger charge is -2.16. The molecule has 2 aromatic carbocycles. The molecule has 0 aliphatic rings. The van der Waals surface area contributed by atoms with Crippen molar-refractivity contribution in [2.45, 2.75) is 13.1 Å². The largest absolute Gasteiger partial charge is 0.363 e. The van der Waals surface area contributed by atoms with E-state index in [1.54, 1.807) is 0 Å². The molecule has 0 bridgehead atoms. The summed E-state index contributed by atoms with van der Waals surface area (Å²) >= 11 is 0. The first-order chi connectivity index (χ1) is 13.0. The number of aromatic nitrogens is 1. The average Bonchev–Trinajstić information content (AvgIpc) is 2.65. The van der Waals surface area contributed by atoms with Gasteiger partial charge in [0.2, 0.25) is 0 Å². The molecule has 0 saturated carbocycles. The zero-order valence-corrected chi connectivity index (χ0v) is 16.4. The highest BCUT2D eigenvalue weighted by molar-refractivity contribution is 6.07. The van der Waals surface area contributed by atoms with Crippen LogP contribution in [0.25, 0.3) is 10.9 Å². The third kappa shape index (κ3) is 4.44. The van der Waals surface area contributed by atoms with Crippen LogP contribution in [0.5, 0.6) is 0 Å². The third-order valence-corrected chi connectivity index (χ3v) is 4.45. The second kappa shape index (κ2) is 8.18. The highest BCUT2D eigenvalue weighted by Crippen LogP contribution is 2.22. The molecule has 1 aromatic heterocycles. The van der Waals surface area contributed by atoms with Crippen molar-refractivity contribution in [1.29, 1.82) is 0 Å². The summed E-state index contributed by atoms with van der Waals surface area (Å²) in [5, 5.41) is 3.95. The lowest BCUT2D eigenvalue weighted by Crippen LogP contribution is -2.25. The average molecular weight is 362 g/mol. The molecule has 1 heterocycles. The van der Waals surface area contributed by atoms with Gasteiger partial charge < -0.3 is 15.1 Å². The van der Waals surface area contributed by atoms with Crippen LogP contribution in [0, 0.1) is 0 Å². The van der Waals surface area contributed by atoms with E-state index >= 15 is 0 Å². The number of hydrogen-bond acceptors (Lipinski definition) is 4. The van der Waals surface area contributed by atoms with Crippen molar-refractivity contribution in [2.24, 2.45) is 0 Å². The SMILES string of the molecule is CN(C)Cc1ccccc1CNC(=O)c1cc(N(C)C)nc2ccccc12. The van der Waals surface area contributed by atoms with E-state index in [0.717, 1.165) is 28.8 Å². The maximum Gasteiger partial charge on any atom is 0.252 e. The van der Waals surface area contributed by atoms with Gasteiger partial charge in [-0.15, -0.1) is 0 Å². The van der Waals surface area contributed by atoms with Gasteiger partial charge in [0.25, 0.3) is 5.91 Å². The molecule has 0 fully saturated rings. The fourth-order valence-electron chi connectivity index (χ4n) is 3.07. The number of anilines is 1. The molecule has 1 amide bonds. The summed E-state index contributed by atoms with van der Waals surface area (Å²) in [6.45, 7) is 1.34. The normalized spacial score (nSPS) is 11.0. The van der Waals surface area contributed by atoms with Gasteiger partial charge in [-0.3, -0.25) is 4.79 Å². The standard InChI is InChI=1S/C22H26N4O/c1-25(2)15-17-10-6-5-9-16(17)14-23-22(27)19-13-21(26(3)4)24-20-12-8-7-11-18(19)20/h5-13H,14-15H2,1-4H3,(H,23,27). The van der Waals surface area contributed by atoms with Crippen molar-refractivity contribution < 1.29 is 4.79 Å². The molecule has 5 heteroatoms. The molecular formula is C22H26N4O. The number of carbonyl (C=O) groups excluding carboxylic acids is 1. The first kappa shape index (κ1) is 18.9. The molecule has 5 nitrogen and oxygen atoms in total. The smallest absolute Gasteiger partial charge is 0.252 e. The van der Waals surface area contributed by atoms with Gasteiger partial charge in [0, 0.05) is 32.6 Å². The van der Waals surface area contributed by atoms with Gasteiger partial charge in [-0.25, -0.2) is 4.98 Å². The number of hydrogen-bond donors (Lipinski definition) is 1. The summed E-state index contributed by atoms with van der Waals surface area (Å²) in [7, 11) is 7.94. The summed E-state index contributed by atoms with van der Waals surface area (Å²) in [4.78, 5) is 21.6. The Hall–Kier alpha value is -2.92. The lowest BCUT2D eigenvalue weighted by atomic mass is 10.1. The molecular weight excluding hydrogens is 336 g/mol. The van der Waals surface area contributed by atoms with Gasteiger partial charge in [0.15, 0.2) is 0 Å². The topological polar surface area (TPSA) is 48.5 Å². The summed E-state index contributed by atoms with van der Waals surface area (Å²) in [5.41, 5.74) is 3.82. The minimum absolute atomic E-state index is 0.0867. The highest BCUT2D eigenvalue weighted by atomic mass is 16.1. The number of benzene rings is 2. The number of rotatable bonds is 6. The van der Waals surface area contributed by atoms with Crippen LogP contribution in [0.4, 0.5) is 5.82 Å². The number of fused-ring (bicyclic) bond motifs is 1. The van der Waals surface area contributed by atoms with E-state index in [9.17, 15) is 4.79 Å². The van der Waals surface area contributed by atoms with E-state index < -0.39 is 0 Å². The van der Waals surface area contributed by atoms with Gasteiger partial charge in [0.1, 0.15) is 5.82 Å². The highest BCUT2D eigenvalue weighted by Gasteiger charge is 2.14. The Bertz CT molecular complexity index is 950. The monoisotopic (exact) mass is 362 g/mol. The molecule has 1 N–H and O–H groups in total.